The van der Waals surface area contributed by atoms with Crippen LogP contribution in [0.25, 0.3) is 0 Å². The Bertz CT molecular complexity index is 1480. The summed E-state index contributed by atoms with van der Waals surface area (Å²) in [4.78, 5) is 61.8. The largest absolute Gasteiger partial charge is 0.490 e. The zero-order valence-corrected chi connectivity index (χ0v) is 34.5. The third kappa shape index (κ3) is 18.6. The van der Waals surface area contributed by atoms with Gasteiger partial charge in [0.2, 0.25) is 5.91 Å². The van der Waals surface area contributed by atoms with Gasteiger partial charge >= 0.3 is 30.6 Å². The molecule has 0 bridgehead atoms. The second-order valence-corrected chi connectivity index (χ2v) is 21.1. The average Bonchev–Trinajstić information content (AvgIpc) is 3.45. The van der Waals surface area contributed by atoms with Crippen LogP contribution >= 0.6 is 45.1 Å². The summed E-state index contributed by atoms with van der Waals surface area (Å²) in [6.07, 6.45) is 7.70. The third-order valence-corrected chi connectivity index (χ3v) is 15.4. The maximum atomic E-state index is 12.5. The summed E-state index contributed by atoms with van der Waals surface area (Å²) in [5.41, 5.74) is 0.669. The Morgan fingerprint density at radius 3 is 2.20 bits per heavy atom. The molecule has 1 aliphatic carbocycles. The smallest absolute Gasteiger partial charge is 0.423 e. The third-order valence-electron chi connectivity index (χ3n) is 8.64. The molecule has 1 heterocycles. The zero-order valence-electron chi connectivity index (χ0n) is 30.2. The molecular formula is C30H52BN2O16P3S2. The van der Waals surface area contributed by atoms with Crippen LogP contribution in [-0.2, 0) is 41.1 Å². The fourth-order valence-electron chi connectivity index (χ4n) is 5.95. The van der Waals surface area contributed by atoms with Gasteiger partial charge in [-0.2, -0.15) is 8.62 Å². The van der Waals surface area contributed by atoms with Crippen LogP contribution in [0.3, 0.4) is 0 Å². The number of carbonyl (C=O) groups excluding carboxylic acids is 2. The zero-order chi connectivity index (χ0) is 40.0. The lowest BCUT2D eigenvalue weighted by Crippen LogP contribution is -2.36. The molecule has 18 nitrogen and oxygen atoms in total. The Hall–Kier alpha value is -0.825. The van der Waals surface area contributed by atoms with Crippen molar-refractivity contribution in [2.75, 3.05) is 25.6 Å². The Kier molecular flexibility index (Phi) is 19.7. The average molecular weight is 865 g/mol. The molecule has 1 aromatic carbocycles. The number of rotatable bonds is 22. The molecule has 1 saturated carbocycles. The van der Waals surface area contributed by atoms with Crippen molar-refractivity contribution in [1.82, 2.24) is 10.6 Å². The Balaban J connectivity index is 1.41. The van der Waals surface area contributed by atoms with Crippen LogP contribution in [0, 0.1) is 5.92 Å². The Labute approximate surface area is 323 Å². The van der Waals surface area contributed by atoms with E-state index in [1.54, 1.807) is 0 Å². The molecule has 24 heteroatoms. The minimum Gasteiger partial charge on any atom is -0.423 e. The first-order chi connectivity index (χ1) is 25.2. The van der Waals surface area contributed by atoms with E-state index in [1.165, 1.54) is 52.3 Å². The fourth-order valence-corrected chi connectivity index (χ4v) is 11.2. The molecular weight excluding hydrogens is 812 g/mol. The standard InChI is InChI=1S/C30H52BN2O16P3S2/c1-30(2,20-33-28(34)12-8-9-17-32-29(35)23-13-15-24(16-14-23)31(36)37)54-53-21-45-26-18-25(22-10-6-4-3-5-7-11-22)47-27(26)19-46-51(41,42)49-52(43,44)48-50(38,39)40/h13-16,22,25-27,36-37H,3-12,17-21H2,1-2H3,(H,32,35)(H,33,34)(H,41,42)(H,43,44)(H2,38,39,40)/t25-,26-,27?/m1/s1. The molecule has 2 fully saturated rings. The quantitative estimate of drug-likeness (QED) is 0.0271. The van der Waals surface area contributed by atoms with Gasteiger partial charge in [0, 0.05) is 36.2 Å². The summed E-state index contributed by atoms with van der Waals surface area (Å²) in [5, 5.41) is 24.0. The highest BCUT2D eigenvalue weighted by Gasteiger charge is 2.44. The van der Waals surface area contributed by atoms with Crippen LogP contribution in [0.5, 0.6) is 0 Å². The highest BCUT2D eigenvalue weighted by atomic mass is 33.1. The summed E-state index contributed by atoms with van der Waals surface area (Å²) in [7, 11) is -15.2. The highest BCUT2D eigenvalue weighted by Crippen LogP contribution is 2.66. The second-order valence-electron chi connectivity index (χ2n) is 13.7. The molecule has 3 rings (SSSR count). The van der Waals surface area contributed by atoms with Gasteiger partial charge < -0.3 is 49.7 Å². The SMILES string of the molecule is CC(C)(CNC(=O)CCCCNC(=O)c1ccc(B(O)O)cc1)SSCO[C@@H]1C[C@H](C2CCCCCCC2)OC1COP(=O)(O)OP(=O)(O)OP(=O)(O)O. The molecule has 2 aliphatic rings. The molecule has 54 heavy (non-hydrogen) atoms. The van der Waals surface area contributed by atoms with Gasteiger partial charge in [-0.15, -0.1) is 0 Å². The molecule has 0 aromatic heterocycles. The maximum Gasteiger partial charge on any atom is 0.490 e. The van der Waals surface area contributed by atoms with Crippen LogP contribution in [0.15, 0.2) is 24.3 Å². The van der Waals surface area contributed by atoms with Crippen molar-refractivity contribution in [2.45, 2.75) is 108 Å². The van der Waals surface area contributed by atoms with Crippen LogP contribution in [0.2, 0.25) is 0 Å². The first-order valence-corrected chi connectivity index (χ1v) is 24.5. The number of phosphoric acid groups is 3. The number of nitrogens with one attached hydrogen (secondary N) is 2. The molecule has 1 saturated heterocycles. The van der Waals surface area contributed by atoms with E-state index in [4.69, 9.17) is 23.8 Å². The van der Waals surface area contributed by atoms with Crippen molar-refractivity contribution in [3.05, 3.63) is 29.8 Å². The van der Waals surface area contributed by atoms with Gasteiger partial charge in [-0.25, -0.2) is 13.7 Å². The summed E-state index contributed by atoms with van der Waals surface area (Å²) in [6, 6.07) is 5.92. The Morgan fingerprint density at radius 2 is 1.57 bits per heavy atom. The molecule has 3 unspecified atom stereocenters. The minimum atomic E-state index is -5.66. The first kappa shape index (κ1) is 47.5. The fraction of sp³-hybridized carbons (Fsp3) is 0.733. The van der Waals surface area contributed by atoms with Crippen LogP contribution in [0.4, 0.5) is 0 Å². The van der Waals surface area contributed by atoms with E-state index in [0.29, 0.717) is 37.9 Å². The number of unbranched alkanes of at least 4 members (excludes halogenated alkanes) is 1. The predicted molar refractivity (Wildman–Crippen MR) is 203 cm³/mol. The van der Waals surface area contributed by atoms with E-state index in [0.717, 1.165) is 38.5 Å². The topological polar surface area (TPSA) is 277 Å². The number of phosphoric ester groups is 1. The van der Waals surface area contributed by atoms with Gasteiger partial charge in [0.1, 0.15) is 12.0 Å². The van der Waals surface area contributed by atoms with Gasteiger partial charge in [0.15, 0.2) is 0 Å². The molecule has 0 spiro atoms. The second kappa shape index (κ2) is 22.4. The molecule has 1 aromatic rings. The van der Waals surface area contributed by atoms with Crippen LogP contribution in [-0.4, -0.2) is 97.2 Å². The summed E-state index contributed by atoms with van der Waals surface area (Å²) in [6.45, 7) is 4.09. The maximum absolute atomic E-state index is 12.5. The van der Waals surface area contributed by atoms with E-state index >= 15 is 0 Å². The van der Waals surface area contributed by atoms with Crippen molar-refractivity contribution < 1.29 is 75.5 Å². The van der Waals surface area contributed by atoms with Crippen molar-refractivity contribution in [2.24, 2.45) is 5.92 Å². The summed E-state index contributed by atoms with van der Waals surface area (Å²) >= 11 is 0. The summed E-state index contributed by atoms with van der Waals surface area (Å²) < 4.78 is 59.7. The van der Waals surface area contributed by atoms with E-state index in [2.05, 4.69) is 19.3 Å². The van der Waals surface area contributed by atoms with Crippen LogP contribution < -0.4 is 16.1 Å². The molecule has 5 atom stereocenters. The number of benzene rings is 1. The summed E-state index contributed by atoms with van der Waals surface area (Å²) in [5.74, 6) is 0.00590. The van der Waals surface area contributed by atoms with Crippen LogP contribution in [0.1, 0.15) is 94.8 Å². The molecule has 8 N–H and O–H groups in total. The van der Waals surface area contributed by atoms with Crippen molar-refractivity contribution in [3.63, 3.8) is 0 Å². The lowest BCUT2D eigenvalue weighted by atomic mass is 9.80. The van der Waals surface area contributed by atoms with Gasteiger partial charge in [-0.3, -0.25) is 14.1 Å². The number of carbonyl (C=O) groups is 2. The highest BCUT2D eigenvalue weighted by molar-refractivity contribution is 8.77. The molecule has 308 valence electrons. The minimum absolute atomic E-state index is 0.128. The first-order valence-electron chi connectivity index (χ1n) is 17.6. The number of ether oxygens (including phenoxy) is 2. The molecule has 2 amide bonds. The van der Waals surface area contributed by atoms with E-state index in [1.807, 2.05) is 13.8 Å². The Morgan fingerprint density at radius 1 is 0.926 bits per heavy atom. The monoisotopic (exact) mass is 864 g/mol. The number of hydrogen-bond acceptors (Lipinski definition) is 14. The lowest BCUT2D eigenvalue weighted by Gasteiger charge is -2.25. The van der Waals surface area contributed by atoms with E-state index in [9.17, 15) is 43.1 Å². The van der Waals surface area contributed by atoms with Gasteiger partial charge in [0.05, 0.1) is 18.8 Å². The lowest BCUT2D eigenvalue weighted by molar-refractivity contribution is -0.121. The molecule has 0 radical (unpaired) electrons. The predicted octanol–water partition coefficient (Wildman–Crippen LogP) is 3.75. The van der Waals surface area contributed by atoms with Gasteiger partial charge in [0.25, 0.3) is 5.91 Å². The van der Waals surface area contributed by atoms with Gasteiger partial charge in [-0.05, 0) is 63.0 Å². The van der Waals surface area contributed by atoms with Crippen molar-refractivity contribution in [3.8, 4) is 0 Å². The number of hydrogen-bond donors (Lipinski definition) is 8. The van der Waals surface area contributed by atoms with E-state index < -0.39 is 49.4 Å². The van der Waals surface area contributed by atoms with Crippen molar-refractivity contribution >= 4 is 69.5 Å². The van der Waals surface area contributed by atoms with Gasteiger partial charge in [-0.1, -0.05) is 65.8 Å². The van der Waals surface area contributed by atoms with Crippen molar-refractivity contribution in [1.29, 1.82) is 0 Å². The van der Waals surface area contributed by atoms with E-state index in [-0.39, 0.29) is 46.4 Å². The normalized spacial score (nSPS) is 22.4. The molecule has 1 aliphatic heterocycles. The number of amides is 2.